The fraction of sp³-hybridized carbons (Fsp3) is 0.185. The van der Waals surface area contributed by atoms with E-state index < -0.39 is 11.0 Å². The zero-order valence-corrected chi connectivity index (χ0v) is 19.4. The highest BCUT2D eigenvalue weighted by Gasteiger charge is 2.27. The van der Waals surface area contributed by atoms with E-state index >= 15 is 0 Å². The number of carbonyl (C=O) groups is 2. The van der Waals surface area contributed by atoms with Gasteiger partial charge in [-0.15, -0.1) is 0 Å². The highest BCUT2D eigenvalue weighted by Crippen LogP contribution is 2.41. The summed E-state index contributed by atoms with van der Waals surface area (Å²) in [5, 5.41) is 0. The zero-order chi connectivity index (χ0) is 23.7. The highest BCUT2D eigenvalue weighted by molar-refractivity contribution is 7.93. The minimum absolute atomic E-state index is 0.1000. The van der Waals surface area contributed by atoms with Crippen molar-refractivity contribution in [3.05, 3.63) is 95.1 Å². The first kappa shape index (κ1) is 22.1. The average molecular weight is 474 g/mol. The monoisotopic (exact) mass is 473 g/mol. The van der Waals surface area contributed by atoms with Gasteiger partial charge in [-0.2, -0.15) is 0 Å². The molecular formula is C27H23NO5S. The van der Waals surface area contributed by atoms with Crippen LogP contribution in [0.3, 0.4) is 0 Å². The van der Waals surface area contributed by atoms with Gasteiger partial charge in [0.1, 0.15) is 23.4 Å². The lowest BCUT2D eigenvalue weighted by Gasteiger charge is -2.16. The first-order chi connectivity index (χ1) is 16.5. The average Bonchev–Trinajstić information content (AvgIpc) is 3.42. The Bertz CT molecular complexity index is 1310. The third kappa shape index (κ3) is 4.39. The maximum atomic E-state index is 12.0. The number of benzene rings is 3. The SMILES string of the molecule is CCC(=O)c1ccc(Oc2cccc3c2CC[C@H]3Oc2ccc(C3=CC(=O)NS3=O)cc2)cc1. The quantitative estimate of drug-likeness (QED) is 0.473. The van der Waals surface area contributed by atoms with Gasteiger partial charge in [0, 0.05) is 23.6 Å². The molecule has 6 nitrogen and oxygen atoms in total. The summed E-state index contributed by atoms with van der Waals surface area (Å²) in [7, 11) is -1.52. The van der Waals surface area contributed by atoms with E-state index in [0.717, 1.165) is 35.3 Å². The van der Waals surface area contributed by atoms with Crippen molar-refractivity contribution in [1.82, 2.24) is 4.72 Å². The third-order valence-corrected chi connectivity index (χ3v) is 7.11. The Kier molecular flexibility index (Phi) is 6.02. The van der Waals surface area contributed by atoms with Crippen molar-refractivity contribution in [2.24, 2.45) is 0 Å². The van der Waals surface area contributed by atoms with Crippen LogP contribution in [0.2, 0.25) is 0 Å². The molecule has 0 aromatic heterocycles. The smallest absolute Gasteiger partial charge is 0.257 e. The van der Waals surface area contributed by atoms with Gasteiger partial charge in [-0.1, -0.05) is 31.2 Å². The number of amides is 1. The van der Waals surface area contributed by atoms with Gasteiger partial charge in [-0.3, -0.25) is 14.3 Å². The molecular weight excluding hydrogens is 450 g/mol. The summed E-state index contributed by atoms with van der Waals surface area (Å²) in [5.41, 5.74) is 3.62. The fourth-order valence-electron chi connectivity index (χ4n) is 4.24. The Morgan fingerprint density at radius 3 is 2.44 bits per heavy atom. The first-order valence-electron chi connectivity index (χ1n) is 11.2. The van der Waals surface area contributed by atoms with Gasteiger partial charge < -0.3 is 9.47 Å². The second-order valence-corrected chi connectivity index (χ2v) is 9.32. The standard InChI is InChI=1S/C27H23NO5S/c1-2-23(29)17-6-10-19(11-7-17)32-24-5-3-4-21-22(24)14-15-25(21)33-20-12-8-18(9-13-20)26-16-27(30)28-34(26)31/h3-13,16,25H,2,14-15H2,1H3,(H,28,30)/t25-,34?/m1/s1. The largest absolute Gasteiger partial charge is 0.486 e. The molecule has 1 aliphatic carbocycles. The van der Waals surface area contributed by atoms with Crippen molar-refractivity contribution >= 4 is 27.6 Å². The number of nitrogens with one attached hydrogen (secondary N) is 1. The molecule has 0 radical (unpaired) electrons. The Labute approximate surface area is 200 Å². The molecule has 0 saturated carbocycles. The van der Waals surface area contributed by atoms with Gasteiger partial charge in [0.15, 0.2) is 16.8 Å². The lowest BCUT2D eigenvalue weighted by Crippen LogP contribution is -2.16. The molecule has 2 aliphatic rings. The van der Waals surface area contributed by atoms with E-state index in [4.69, 9.17) is 9.47 Å². The molecule has 3 aromatic carbocycles. The van der Waals surface area contributed by atoms with Crippen LogP contribution in [-0.4, -0.2) is 15.9 Å². The van der Waals surface area contributed by atoms with Crippen molar-refractivity contribution < 1.29 is 23.3 Å². The highest BCUT2D eigenvalue weighted by atomic mass is 32.2. The molecule has 0 spiro atoms. The molecule has 1 unspecified atom stereocenters. The van der Waals surface area contributed by atoms with E-state index in [9.17, 15) is 13.8 Å². The molecule has 1 amide bonds. The minimum atomic E-state index is -1.52. The number of hydrogen-bond donors (Lipinski definition) is 1. The normalized spacial score (nSPS) is 18.7. The lowest BCUT2D eigenvalue weighted by molar-refractivity contribution is -0.114. The molecule has 34 heavy (non-hydrogen) atoms. The van der Waals surface area contributed by atoms with Gasteiger partial charge in [0.2, 0.25) is 0 Å². The summed E-state index contributed by atoms with van der Waals surface area (Å²) < 4.78 is 26.7. The summed E-state index contributed by atoms with van der Waals surface area (Å²) in [6.45, 7) is 1.85. The van der Waals surface area contributed by atoms with Crippen molar-refractivity contribution in [3.8, 4) is 17.2 Å². The second-order valence-electron chi connectivity index (χ2n) is 8.14. The van der Waals surface area contributed by atoms with Crippen molar-refractivity contribution in [2.75, 3.05) is 0 Å². The number of fused-ring (bicyclic) bond motifs is 1. The third-order valence-electron chi connectivity index (χ3n) is 5.97. The van der Waals surface area contributed by atoms with Gasteiger partial charge in [-0.25, -0.2) is 4.21 Å². The van der Waals surface area contributed by atoms with Gasteiger partial charge in [0.05, 0.1) is 4.91 Å². The molecule has 3 aromatic rings. The summed E-state index contributed by atoms with van der Waals surface area (Å²) >= 11 is 0. The van der Waals surface area contributed by atoms with Crippen LogP contribution in [0.15, 0.2) is 72.8 Å². The topological polar surface area (TPSA) is 81.7 Å². The lowest BCUT2D eigenvalue weighted by atomic mass is 10.1. The maximum Gasteiger partial charge on any atom is 0.257 e. The minimum Gasteiger partial charge on any atom is -0.486 e. The number of ether oxygens (including phenoxy) is 2. The van der Waals surface area contributed by atoms with Crippen LogP contribution >= 0.6 is 0 Å². The molecule has 7 heteroatoms. The van der Waals surface area contributed by atoms with Gasteiger partial charge in [-0.05, 0) is 66.4 Å². The van der Waals surface area contributed by atoms with Crippen LogP contribution < -0.4 is 14.2 Å². The maximum absolute atomic E-state index is 12.0. The Hall–Kier alpha value is -3.71. The van der Waals surface area contributed by atoms with E-state index in [-0.39, 0.29) is 17.8 Å². The zero-order valence-electron chi connectivity index (χ0n) is 18.6. The number of hydrogen-bond acceptors (Lipinski definition) is 5. The second kappa shape index (κ2) is 9.27. The molecule has 1 heterocycles. The van der Waals surface area contributed by atoms with Crippen molar-refractivity contribution in [1.29, 1.82) is 0 Å². The Balaban J connectivity index is 1.30. The fourth-order valence-corrected chi connectivity index (χ4v) is 5.16. The van der Waals surface area contributed by atoms with Crippen LogP contribution in [0.5, 0.6) is 17.2 Å². The summed E-state index contributed by atoms with van der Waals surface area (Å²) in [4.78, 5) is 23.7. The van der Waals surface area contributed by atoms with Crippen LogP contribution in [0, 0.1) is 0 Å². The summed E-state index contributed by atoms with van der Waals surface area (Å²) in [6, 6.07) is 20.5. The molecule has 5 rings (SSSR count). The molecule has 0 saturated heterocycles. The number of ketones is 1. The van der Waals surface area contributed by atoms with Crippen LogP contribution in [-0.2, 0) is 22.2 Å². The van der Waals surface area contributed by atoms with Gasteiger partial charge >= 0.3 is 0 Å². The first-order valence-corrected chi connectivity index (χ1v) is 12.3. The Morgan fingerprint density at radius 1 is 1.03 bits per heavy atom. The van der Waals surface area contributed by atoms with Crippen molar-refractivity contribution in [2.45, 2.75) is 32.3 Å². The molecule has 1 N–H and O–H groups in total. The molecule has 0 fully saturated rings. The predicted molar refractivity (Wildman–Crippen MR) is 130 cm³/mol. The van der Waals surface area contributed by atoms with Crippen LogP contribution in [0.1, 0.15) is 52.9 Å². The number of carbonyl (C=O) groups excluding carboxylic acids is 2. The van der Waals surface area contributed by atoms with Crippen LogP contribution in [0.4, 0.5) is 0 Å². The van der Waals surface area contributed by atoms with E-state index in [0.29, 0.717) is 28.4 Å². The van der Waals surface area contributed by atoms with E-state index in [1.165, 1.54) is 6.08 Å². The molecule has 172 valence electrons. The van der Waals surface area contributed by atoms with Crippen molar-refractivity contribution in [3.63, 3.8) is 0 Å². The number of Topliss-reactive ketones (excluding diaryl/α,β-unsaturated/α-hetero) is 1. The van der Waals surface area contributed by atoms with E-state index in [2.05, 4.69) is 10.8 Å². The molecule has 2 atom stereocenters. The molecule has 1 aliphatic heterocycles. The van der Waals surface area contributed by atoms with Gasteiger partial charge in [0.25, 0.3) is 5.91 Å². The van der Waals surface area contributed by atoms with E-state index in [1.807, 2.05) is 55.5 Å². The number of rotatable bonds is 7. The van der Waals surface area contributed by atoms with Crippen LogP contribution in [0.25, 0.3) is 4.91 Å². The van der Waals surface area contributed by atoms with E-state index in [1.54, 1.807) is 12.1 Å². The summed E-state index contributed by atoms with van der Waals surface area (Å²) in [5.74, 6) is 1.94. The predicted octanol–water partition coefficient (Wildman–Crippen LogP) is 5.27. The Morgan fingerprint density at radius 2 is 1.76 bits per heavy atom. The molecule has 0 bridgehead atoms. The summed E-state index contributed by atoms with van der Waals surface area (Å²) in [6.07, 6.45) is 3.40.